The Kier molecular flexibility index (Phi) is 4.14. The molecule has 0 aliphatic carbocycles. The Hall–Kier alpha value is -1.50. The number of carbonyl (C=O) groups is 2. The molecule has 7 heteroatoms. The van der Waals surface area contributed by atoms with Crippen molar-refractivity contribution in [2.45, 2.75) is 19.4 Å². The highest BCUT2D eigenvalue weighted by atomic mass is 32.2. The first-order valence-corrected chi connectivity index (χ1v) is 7.34. The molecular formula is C12H17N3O3S. The second-order valence-corrected chi connectivity index (χ2v) is 5.58. The van der Waals surface area contributed by atoms with Crippen molar-refractivity contribution in [3.8, 4) is 0 Å². The Labute approximate surface area is 115 Å². The van der Waals surface area contributed by atoms with Gasteiger partial charge in [0, 0.05) is 25.1 Å². The highest BCUT2D eigenvalue weighted by Crippen LogP contribution is 2.19. The Morgan fingerprint density at radius 1 is 1.58 bits per heavy atom. The van der Waals surface area contributed by atoms with E-state index in [4.69, 9.17) is 0 Å². The third-order valence-corrected chi connectivity index (χ3v) is 4.21. The lowest BCUT2D eigenvalue weighted by molar-refractivity contribution is -0.141. The molecule has 1 amide bonds. The van der Waals surface area contributed by atoms with Gasteiger partial charge >= 0.3 is 5.97 Å². The molecule has 1 aliphatic rings. The van der Waals surface area contributed by atoms with Crippen molar-refractivity contribution in [1.29, 1.82) is 0 Å². The van der Waals surface area contributed by atoms with Gasteiger partial charge in [0.15, 0.2) is 0 Å². The largest absolute Gasteiger partial charge is 0.480 e. The van der Waals surface area contributed by atoms with Crippen molar-refractivity contribution >= 4 is 23.6 Å². The van der Waals surface area contributed by atoms with Crippen LogP contribution in [0.2, 0.25) is 0 Å². The molecule has 1 N–H and O–H groups in total. The van der Waals surface area contributed by atoms with Gasteiger partial charge in [0.05, 0.1) is 5.69 Å². The first kappa shape index (κ1) is 13.9. The molecule has 1 aromatic rings. The van der Waals surface area contributed by atoms with Crippen LogP contribution in [-0.2, 0) is 18.3 Å². The van der Waals surface area contributed by atoms with Crippen LogP contribution >= 0.6 is 11.8 Å². The predicted octanol–water partition coefficient (Wildman–Crippen LogP) is 0.625. The summed E-state index contributed by atoms with van der Waals surface area (Å²) in [5, 5.41) is 13.4. The summed E-state index contributed by atoms with van der Waals surface area (Å²) in [7, 11) is 1.71. The summed E-state index contributed by atoms with van der Waals surface area (Å²) in [4.78, 5) is 25.1. The quantitative estimate of drug-likeness (QED) is 0.880. The van der Waals surface area contributed by atoms with Crippen molar-refractivity contribution in [3.05, 3.63) is 17.5 Å². The van der Waals surface area contributed by atoms with Crippen LogP contribution in [0.3, 0.4) is 0 Å². The zero-order valence-corrected chi connectivity index (χ0v) is 11.8. The maximum atomic E-state index is 12.5. The Bertz CT molecular complexity index is 500. The first-order chi connectivity index (χ1) is 9.04. The Balaban J connectivity index is 2.25. The lowest BCUT2D eigenvalue weighted by atomic mass is 10.2. The van der Waals surface area contributed by atoms with Crippen LogP contribution in [-0.4, -0.2) is 55.8 Å². The molecule has 2 heterocycles. The molecule has 19 heavy (non-hydrogen) atoms. The number of aliphatic carboxylic acids is 1. The highest BCUT2D eigenvalue weighted by molar-refractivity contribution is 7.99. The summed E-state index contributed by atoms with van der Waals surface area (Å²) in [6, 6.07) is 0.995. The molecule has 1 unspecified atom stereocenters. The number of hydrogen-bond acceptors (Lipinski definition) is 4. The first-order valence-electron chi connectivity index (χ1n) is 6.19. The molecular weight excluding hydrogens is 266 g/mol. The van der Waals surface area contributed by atoms with E-state index in [1.807, 2.05) is 6.92 Å². The van der Waals surface area contributed by atoms with Crippen LogP contribution in [0.1, 0.15) is 23.1 Å². The van der Waals surface area contributed by atoms with Gasteiger partial charge in [-0.25, -0.2) is 4.79 Å². The van der Waals surface area contributed by atoms with Gasteiger partial charge in [-0.2, -0.15) is 16.9 Å². The third kappa shape index (κ3) is 2.75. The Morgan fingerprint density at radius 2 is 2.32 bits per heavy atom. The molecule has 1 saturated heterocycles. The molecule has 104 valence electrons. The number of rotatable bonds is 3. The standard InChI is InChI=1S/C12H17N3O3S/c1-3-8-6-9(14(2)13-8)11(16)15-4-5-19-7-10(15)12(17)18/h6,10H,3-5,7H2,1-2H3,(H,17,18). The van der Waals surface area contributed by atoms with Gasteiger partial charge in [0.25, 0.3) is 5.91 Å². The minimum absolute atomic E-state index is 0.248. The summed E-state index contributed by atoms with van der Waals surface area (Å²) in [6.07, 6.45) is 0.749. The van der Waals surface area contributed by atoms with Crippen molar-refractivity contribution in [1.82, 2.24) is 14.7 Å². The molecule has 0 aromatic carbocycles. The van der Waals surface area contributed by atoms with Crippen LogP contribution in [0.25, 0.3) is 0 Å². The molecule has 1 aromatic heterocycles. The fourth-order valence-electron chi connectivity index (χ4n) is 2.10. The number of carboxylic acid groups (broad SMARTS) is 1. The number of carbonyl (C=O) groups excluding carboxylic acids is 1. The number of amides is 1. The molecule has 0 spiro atoms. The maximum Gasteiger partial charge on any atom is 0.327 e. The fourth-order valence-corrected chi connectivity index (χ4v) is 3.14. The highest BCUT2D eigenvalue weighted by Gasteiger charge is 2.34. The van der Waals surface area contributed by atoms with E-state index in [0.717, 1.165) is 17.9 Å². The van der Waals surface area contributed by atoms with Crippen molar-refractivity contribution < 1.29 is 14.7 Å². The zero-order chi connectivity index (χ0) is 14.0. The molecule has 1 aliphatic heterocycles. The Morgan fingerprint density at radius 3 is 2.89 bits per heavy atom. The monoisotopic (exact) mass is 283 g/mol. The molecule has 1 atom stereocenters. The summed E-state index contributed by atoms with van der Waals surface area (Å²) >= 11 is 1.56. The van der Waals surface area contributed by atoms with Crippen LogP contribution in [0, 0.1) is 0 Å². The molecule has 0 radical (unpaired) electrons. The molecule has 0 saturated carbocycles. The second-order valence-electron chi connectivity index (χ2n) is 4.43. The van der Waals surface area contributed by atoms with E-state index in [-0.39, 0.29) is 5.91 Å². The van der Waals surface area contributed by atoms with Crippen molar-refractivity contribution in [2.75, 3.05) is 18.1 Å². The van der Waals surface area contributed by atoms with Gasteiger partial charge in [0.1, 0.15) is 11.7 Å². The van der Waals surface area contributed by atoms with Crippen LogP contribution in [0.4, 0.5) is 0 Å². The van der Waals surface area contributed by atoms with Crippen molar-refractivity contribution in [3.63, 3.8) is 0 Å². The van der Waals surface area contributed by atoms with E-state index in [0.29, 0.717) is 18.0 Å². The van der Waals surface area contributed by atoms with E-state index in [2.05, 4.69) is 5.10 Å². The van der Waals surface area contributed by atoms with Gasteiger partial charge in [-0.3, -0.25) is 9.48 Å². The smallest absolute Gasteiger partial charge is 0.327 e. The fraction of sp³-hybridized carbons (Fsp3) is 0.583. The van der Waals surface area contributed by atoms with E-state index < -0.39 is 12.0 Å². The normalized spacial score (nSPS) is 19.5. The van der Waals surface area contributed by atoms with Crippen LogP contribution < -0.4 is 0 Å². The van der Waals surface area contributed by atoms with Gasteiger partial charge in [0.2, 0.25) is 0 Å². The summed E-state index contributed by atoms with van der Waals surface area (Å²) < 4.78 is 1.53. The molecule has 0 bridgehead atoms. The van der Waals surface area contributed by atoms with E-state index in [9.17, 15) is 14.7 Å². The predicted molar refractivity (Wildman–Crippen MR) is 72.4 cm³/mol. The average molecular weight is 283 g/mol. The summed E-state index contributed by atoms with van der Waals surface area (Å²) in [5.74, 6) is 0.0222. The topological polar surface area (TPSA) is 75.4 Å². The SMILES string of the molecule is CCc1cc(C(=O)N2CCSCC2C(=O)O)n(C)n1. The number of aryl methyl sites for hydroxylation is 2. The van der Waals surface area contributed by atoms with Gasteiger partial charge < -0.3 is 10.0 Å². The molecule has 2 rings (SSSR count). The third-order valence-electron chi connectivity index (χ3n) is 3.19. The maximum absolute atomic E-state index is 12.5. The number of aromatic nitrogens is 2. The number of carboxylic acids is 1. The minimum atomic E-state index is -0.946. The van der Waals surface area contributed by atoms with E-state index in [1.54, 1.807) is 24.9 Å². The summed E-state index contributed by atoms with van der Waals surface area (Å²) in [5.41, 5.74) is 1.29. The molecule has 1 fully saturated rings. The average Bonchev–Trinajstić information content (AvgIpc) is 2.79. The molecule has 6 nitrogen and oxygen atoms in total. The van der Waals surface area contributed by atoms with Gasteiger partial charge in [-0.1, -0.05) is 6.92 Å². The van der Waals surface area contributed by atoms with Gasteiger partial charge in [-0.15, -0.1) is 0 Å². The van der Waals surface area contributed by atoms with E-state index >= 15 is 0 Å². The van der Waals surface area contributed by atoms with Gasteiger partial charge in [-0.05, 0) is 12.5 Å². The second kappa shape index (κ2) is 5.64. The number of thioether (sulfide) groups is 1. The van der Waals surface area contributed by atoms with Crippen molar-refractivity contribution in [2.24, 2.45) is 7.05 Å². The summed E-state index contributed by atoms with van der Waals surface area (Å²) in [6.45, 7) is 2.43. The van der Waals surface area contributed by atoms with E-state index in [1.165, 1.54) is 9.58 Å². The zero-order valence-electron chi connectivity index (χ0n) is 11.0. The lowest BCUT2D eigenvalue weighted by Crippen LogP contribution is -2.50. The minimum Gasteiger partial charge on any atom is -0.480 e. The number of nitrogens with zero attached hydrogens (tertiary/aromatic N) is 3. The number of hydrogen-bond donors (Lipinski definition) is 1. The van der Waals surface area contributed by atoms with Crippen LogP contribution in [0.5, 0.6) is 0 Å². The lowest BCUT2D eigenvalue weighted by Gasteiger charge is -2.32. The van der Waals surface area contributed by atoms with Crippen LogP contribution in [0.15, 0.2) is 6.07 Å².